The van der Waals surface area contributed by atoms with Crippen molar-refractivity contribution in [3.63, 3.8) is 0 Å². The zero-order valence-electron chi connectivity index (χ0n) is 23.9. The summed E-state index contributed by atoms with van der Waals surface area (Å²) in [6.45, 7) is 8.56. The van der Waals surface area contributed by atoms with Crippen molar-refractivity contribution in [2.45, 2.75) is 26.9 Å². The van der Waals surface area contributed by atoms with Gasteiger partial charge in [-0.3, -0.25) is 0 Å². The Kier molecular flexibility index (Phi) is 15.5. The van der Waals surface area contributed by atoms with Crippen LogP contribution < -0.4 is 0 Å². The molecule has 0 aromatic heterocycles. The zero-order chi connectivity index (χ0) is 27.7. The van der Waals surface area contributed by atoms with Crippen molar-refractivity contribution in [1.82, 2.24) is 0 Å². The summed E-state index contributed by atoms with van der Waals surface area (Å²) in [4.78, 5) is 0. The van der Waals surface area contributed by atoms with Crippen molar-refractivity contribution in [1.29, 1.82) is 0 Å². The molecule has 0 atom stereocenters. The second-order valence-electron chi connectivity index (χ2n) is 9.27. The maximum atomic E-state index is 3.20. The summed E-state index contributed by atoms with van der Waals surface area (Å²) in [5.41, 5.74) is 5.00. The quantitative estimate of drug-likeness (QED) is 0.106. The topological polar surface area (TPSA) is 0 Å². The molecule has 0 saturated carbocycles. The number of fused-ring (bicyclic) bond motifs is 2. The summed E-state index contributed by atoms with van der Waals surface area (Å²) in [6, 6.07) is 46.0. The van der Waals surface area contributed by atoms with E-state index in [4.69, 9.17) is 0 Å². The van der Waals surface area contributed by atoms with Crippen molar-refractivity contribution >= 4 is 37.1 Å². The van der Waals surface area contributed by atoms with Crippen LogP contribution in [0.3, 0.4) is 0 Å². The molecule has 0 aliphatic heterocycles. The van der Waals surface area contributed by atoms with E-state index in [1.54, 1.807) is 0 Å². The molecule has 0 aliphatic rings. The van der Waals surface area contributed by atoms with Gasteiger partial charge in [0.2, 0.25) is 0 Å². The first-order valence-corrected chi connectivity index (χ1v) is 15.3. The smallest absolute Gasteiger partial charge is 0.165 e. The Hall–Kier alpha value is -3.32. The Balaban J connectivity index is 0.000000204. The number of benzene rings is 4. The van der Waals surface area contributed by atoms with E-state index < -0.39 is 0 Å². The third kappa shape index (κ3) is 11.8. The summed E-state index contributed by atoms with van der Waals surface area (Å²) in [5, 5.41) is 5.39. The van der Waals surface area contributed by atoms with Gasteiger partial charge < -0.3 is 0 Å². The van der Waals surface area contributed by atoms with E-state index in [0.717, 1.165) is 15.1 Å². The minimum absolute atomic E-state index is 0. The number of rotatable bonds is 3. The normalized spacial score (nSPS) is 10.2. The molecule has 6 aromatic carbocycles. The predicted molar refractivity (Wildman–Crippen MR) is 175 cm³/mol. The van der Waals surface area contributed by atoms with Crippen molar-refractivity contribution in [2.24, 2.45) is 0 Å². The summed E-state index contributed by atoms with van der Waals surface area (Å²) in [6.07, 6.45) is 9.20. The first-order chi connectivity index (χ1) is 19.1. The summed E-state index contributed by atoms with van der Waals surface area (Å²) in [5.74, 6) is 0. The second-order valence-corrected chi connectivity index (χ2v) is 10.3. The minimum Gasteiger partial charge on any atom is -0.165 e. The summed E-state index contributed by atoms with van der Waals surface area (Å²) in [7, 11) is 1.08. The van der Waals surface area contributed by atoms with Crippen LogP contribution in [0, 0.1) is 19.9 Å². The largest absolute Gasteiger partial charge is 3.00 e. The molecule has 6 rings (SSSR count). The van der Waals surface area contributed by atoms with Crippen molar-refractivity contribution in [3.05, 3.63) is 174 Å². The fourth-order valence-electron chi connectivity index (χ4n) is 4.01. The van der Waals surface area contributed by atoms with E-state index in [9.17, 15) is 0 Å². The van der Waals surface area contributed by atoms with Crippen LogP contribution in [0.4, 0.5) is 0 Å². The molecule has 0 N–H and O–H groups in total. The van der Waals surface area contributed by atoms with Crippen LogP contribution in [-0.4, -0.2) is 9.52 Å². The number of hydrogen-bond donors (Lipinski definition) is 0. The van der Waals surface area contributed by atoms with Gasteiger partial charge in [-0.25, -0.2) is 0 Å². The standard InChI is InChI=1S/C16H13.2C10H9.C2H6Si.Zr/c1-3-9-15(10-4-1)13-7-8-14-16-11-5-2-6-12-16;2*1-8-6-9-4-2-3-5-10(9)7-8;1-3-2;/h1-13H;2*2-7H,1H3;1-2H3;/q3*-1;;+3. The maximum Gasteiger partial charge on any atom is 3.00 e. The van der Waals surface area contributed by atoms with Crippen LogP contribution >= 0.6 is 0 Å². The predicted octanol–water partition coefficient (Wildman–Crippen LogP) is 10.6. The Morgan fingerprint density at radius 3 is 1.50 bits per heavy atom. The monoisotopic (exact) mass is 611 g/mol. The third-order valence-electron chi connectivity index (χ3n) is 5.73. The molecule has 0 bridgehead atoms. The average Bonchev–Trinajstić information content (AvgIpc) is 3.54. The molecule has 3 radical (unpaired) electrons. The molecule has 0 amide bonds. The summed E-state index contributed by atoms with van der Waals surface area (Å²) < 4.78 is 0. The molecular formula is C38H37SiZr. The summed E-state index contributed by atoms with van der Waals surface area (Å²) >= 11 is 0. The van der Waals surface area contributed by atoms with Crippen LogP contribution in [0.2, 0.25) is 13.1 Å². The average molecular weight is 613 g/mol. The Labute approximate surface area is 262 Å². The Bertz CT molecular complexity index is 1370. The van der Waals surface area contributed by atoms with Crippen LogP contribution in [0.5, 0.6) is 0 Å². The van der Waals surface area contributed by atoms with Crippen molar-refractivity contribution in [2.75, 3.05) is 0 Å². The van der Waals surface area contributed by atoms with Gasteiger partial charge in [0.1, 0.15) is 0 Å². The second kappa shape index (κ2) is 18.9. The molecule has 2 heteroatoms. The van der Waals surface area contributed by atoms with E-state index in [-0.39, 0.29) is 26.2 Å². The number of allylic oxidation sites excluding steroid dienone is 2. The van der Waals surface area contributed by atoms with Gasteiger partial charge in [-0.2, -0.15) is 12.1 Å². The van der Waals surface area contributed by atoms with Crippen molar-refractivity contribution < 1.29 is 26.2 Å². The fourth-order valence-corrected chi connectivity index (χ4v) is 4.01. The van der Waals surface area contributed by atoms with Gasteiger partial charge >= 0.3 is 26.2 Å². The molecule has 0 nitrogen and oxygen atoms in total. The molecule has 0 spiro atoms. The van der Waals surface area contributed by atoms with E-state index in [1.807, 2.05) is 60.7 Å². The minimum atomic E-state index is 0. The first kappa shape index (κ1) is 32.9. The van der Waals surface area contributed by atoms with Crippen LogP contribution in [-0.2, 0) is 26.2 Å². The molecule has 0 aliphatic carbocycles. The van der Waals surface area contributed by atoms with E-state index >= 15 is 0 Å². The van der Waals surface area contributed by atoms with Gasteiger partial charge in [0.05, 0.1) is 0 Å². The van der Waals surface area contributed by atoms with Gasteiger partial charge in [0.25, 0.3) is 0 Å². The van der Waals surface area contributed by atoms with E-state index in [0.29, 0.717) is 0 Å². The van der Waals surface area contributed by atoms with Crippen LogP contribution in [0.1, 0.15) is 22.3 Å². The van der Waals surface area contributed by atoms with Gasteiger partial charge in [-0.15, -0.1) is 129 Å². The molecule has 6 aromatic rings. The van der Waals surface area contributed by atoms with Gasteiger partial charge in [-0.05, 0) is 5.56 Å². The molecule has 0 heterocycles. The maximum absolute atomic E-state index is 3.20. The number of aryl methyl sites for hydroxylation is 2. The molecule has 0 fully saturated rings. The van der Waals surface area contributed by atoms with Crippen molar-refractivity contribution in [3.8, 4) is 0 Å². The number of hydrogen-bond acceptors (Lipinski definition) is 0. The third-order valence-corrected chi connectivity index (χ3v) is 5.73. The van der Waals surface area contributed by atoms with E-state index in [1.165, 1.54) is 38.2 Å². The zero-order valence-corrected chi connectivity index (χ0v) is 27.4. The first-order valence-electron chi connectivity index (χ1n) is 13.3. The van der Waals surface area contributed by atoms with Crippen LogP contribution in [0.15, 0.2) is 146 Å². The Morgan fingerprint density at radius 2 is 1.02 bits per heavy atom. The van der Waals surface area contributed by atoms with Gasteiger partial charge in [0, 0.05) is 9.52 Å². The molecule has 197 valence electrons. The molecule has 0 unspecified atom stereocenters. The SMILES string of the molecule is C[Si]C.Cc1cc2ccccc2[cH-]1.Cc1cc2ccccc2[cH-]1.[C-](=CC=Cc1ccccc1)c1ccccc1.[Zr+3]. The van der Waals surface area contributed by atoms with Gasteiger partial charge in [0.15, 0.2) is 0 Å². The molecule has 0 saturated heterocycles. The molecule has 40 heavy (non-hydrogen) atoms. The van der Waals surface area contributed by atoms with E-state index in [2.05, 4.69) is 124 Å². The van der Waals surface area contributed by atoms with Crippen LogP contribution in [0.25, 0.3) is 27.6 Å². The Morgan fingerprint density at radius 1 is 0.600 bits per heavy atom. The van der Waals surface area contributed by atoms with Gasteiger partial charge in [-0.1, -0.05) is 81.5 Å². The fraction of sp³-hybridized carbons (Fsp3) is 0.105. The molecular weight excluding hydrogens is 576 g/mol.